The molecule has 4 aromatic rings. The van der Waals surface area contributed by atoms with E-state index in [4.69, 9.17) is 19.9 Å². The molecule has 2 saturated heterocycles. The fourth-order valence-electron chi connectivity index (χ4n) is 9.03. The number of carbonyl (C=O) groups is 4. The minimum Gasteiger partial charge on any atom is -0.508 e. The monoisotopic (exact) mass is 751 g/mol. The van der Waals surface area contributed by atoms with E-state index < -0.39 is 59.4 Å². The van der Waals surface area contributed by atoms with Crippen LogP contribution in [0.5, 0.6) is 5.75 Å². The number of ether oxygens (including phenoxy) is 3. The smallest absolute Gasteiger partial charge is 0.421 e. The van der Waals surface area contributed by atoms with Gasteiger partial charge in [-0.3, -0.25) is 19.3 Å². The van der Waals surface area contributed by atoms with Crippen LogP contribution in [-0.4, -0.2) is 60.2 Å². The maximum absolute atomic E-state index is 15.7. The molecule has 3 heterocycles. The van der Waals surface area contributed by atoms with Crippen LogP contribution >= 0.6 is 0 Å². The minimum absolute atomic E-state index is 0.0281. The number of hydrogen-bond donors (Lipinski definition) is 2. The maximum atomic E-state index is 15.7. The van der Waals surface area contributed by atoms with Crippen LogP contribution in [0.15, 0.2) is 115 Å². The standard InChI is InChI=1S/C45H41N3O8/c1-54-25-26-55-44(53)47-35-24-19-29(18-17-28-11-5-2-6-12-28)27-34(35)45(43(47)52)36(41(46)50)38-42(51)56-39(31-15-9-4-10-16-31)37(30-13-7-3-8-14-30)48(38)40(45)32-20-22-33(49)23-21-32/h3-4,7-11,13-16,19-24,27,36-40,49H,2,5-6,12,25-26H2,1H3,(H2,46,50)/t36-,37-,38-,39+,40+,45-/m1/s1. The molecule has 6 atom stereocenters. The number of rotatable bonds is 7. The molecule has 11 heteroatoms. The second-order valence-electron chi connectivity index (χ2n) is 14.5. The number of benzene rings is 4. The molecule has 0 aromatic heterocycles. The van der Waals surface area contributed by atoms with E-state index in [9.17, 15) is 19.5 Å². The number of morpholine rings is 1. The van der Waals surface area contributed by atoms with Gasteiger partial charge in [0, 0.05) is 12.7 Å². The van der Waals surface area contributed by atoms with Gasteiger partial charge in [-0.05, 0) is 83.8 Å². The zero-order valence-corrected chi connectivity index (χ0v) is 30.8. The second-order valence-corrected chi connectivity index (χ2v) is 14.5. The number of aromatic hydroxyl groups is 1. The molecule has 3 amide bonds. The minimum atomic E-state index is -1.98. The van der Waals surface area contributed by atoms with Crippen molar-refractivity contribution in [1.82, 2.24) is 4.90 Å². The molecule has 0 radical (unpaired) electrons. The highest BCUT2D eigenvalue weighted by atomic mass is 16.6. The summed E-state index contributed by atoms with van der Waals surface area (Å²) in [6.07, 6.45) is 4.22. The van der Waals surface area contributed by atoms with Crippen LogP contribution in [0.25, 0.3) is 0 Å². The lowest BCUT2D eigenvalue weighted by Crippen LogP contribution is -2.55. The Hall–Kier alpha value is -6.22. The Morgan fingerprint density at radius 3 is 2.25 bits per heavy atom. The van der Waals surface area contributed by atoms with Crippen LogP contribution in [0.2, 0.25) is 0 Å². The molecule has 4 aromatic carbocycles. The Morgan fingerprint density at radius 2 is 1.59 bits per heavy atom. The number of nitrogens with two attached hydrogens (primary N) is 1. The molecular weight excluding hydrogens is 711 g/mol. The van der Waals surface area contributed by atoms with Crippen molar-refractivity contribution in [3.63, 3.8) is 0 Å². The largest absolute Gasteiger partial charge is 0.508 e. The van der Waals surface area contributed by atoms with Gasteiger partial charge < -0.3 is 25.1 Å². The number of phenols is 1. The van der Waals surface area contributed by atoms with Crippen molar-refractivity contribution in [2.45, 2.75) is 55.3 Å². The summed E-state index contributed by atoms with van der Waals surface area (Å²) < 4.78 is 17.0. The fourth-order valence-corrected chi connectivity index (χ4v) is 9.03. The van der Waals surface area contributed by atoms with E-state index in [0.29, 0.717) is 22.3 Å². The van der Waals surface area contributed by atoms with Gasteiger partial charge in [-0.1, -0.05) is 90.7 Å². The SMILES string of the molecule is COCCOC(=O)N1C(=O)[C@@]2(c3cc(C#CC4=CCCCC4)ccc31)[C@H](c1ccc(O)cc1)N1[C@H](c3ccccc3)[C@H](c3ccccc3)OC(=O)[C@H]1[C@@H]2C(N)=O. The molecule has 1 aliphatic carbocycles. The van der Waals surface area contributed by atoms with Crippen molar-refractivity contribution in [3.8, 4) is 17.6 Å². The van der Waals surface area contributed by atoms with Gasteiger partial charge in [0.15, 0.2) is 0 Å². The maximum Gasteiger partial charge on any atom is 0.421 e. The summed E-state index contributed by atoms with van der Waals surface area (Å²) in [4.78, 5) is 61.5. The van der Waals surface area contributed by atoms with Crippen LogP contribution < -0.4 is 10.6 Å². The lowest BCUT2D eigenvalue weighted by Gasteiger charge is -2.46. The van der Waals surface area contributed by atoms with E-state index in [1.54, 1.807) is 30.3 Å². The lowest BCUT2D eigenvalue weighted by atomic mass is 9.65. The number of cyclic esters (lactones) is 1. The van der Waals surface area contributed by atoms with Crippen LogP contribution in [0.1, 0.15) is 71.7 Å². The molecule has 3 N–H and O–H groups in total. The molecule has 0 unspecified atom stereocenters. The number of hydrogen-bond acceptors (Lipinski definition) is 9. The van der Waals surface area contributed by atoms with E-state index in [1.165, 1.54) is 19.2 Å². The van der Waals surface area contributed by atoms with E-state index in [2.05, 4.69) is 17.9 Å². The number of nitrogens with zero attached hydrogens (tertiary/aromatic N) is 2. The number of esters is 1. The first-order valence-electron chi connectivity index (χ1n) is 18.8. The Balaban J connectivity index is 1.42. The predicted molar refractivity (Wildman–Crippen MR) is 206 cm³/mol. The van der Waals surface area contributed by atoms with Gasteiger partial charge in [0.2, 0.25) is 11.8 Å². The molecular formula is C45H41N3O8. The quantitative estimate of drug-likeness (QED) is 0.128. The zero-order chi connectivity index (χ0) is 39.0. The summed E-state index contributed by atoms with van der Waals surface area (Å²) in [6, 6.07) is 26.9. The number of carbonyl (C=O) groups excluding carboxylic acids is 4. The molecule has 56 heavy (non-hydrogen) atoms. The van der Waals surface area contributed by atoms with E-state index in [1.807, 2.05) is 65.6 Å². The van der Waals surface area contributed by atoms with Crippen molar-refractivity contribution in [3.05, 3.63) is 143 Å². The summed E-state index contributed by atoms with van der Waals surface area (Å²) in [5, 5.41) is 10.5. The van der Waals surface area contributed by atoms with Gasteiger partial charge in [0.05, 0.1) is 30.3 Å². The van der Waals surface area contributed by atoms with Crippen molar-refractivity contribution in [2.75, 3.05) is 25.2 Å². The normalized spacial score (nSPS) is 25.4. The highest BCUT2D eigenvalue weighted by Gasteiger charge is 2.75. The number of primary amides is 1. The summed E-state index contributed by atoms with van der Waals surface area (Å²) in [5.41, 5.74) is 8.39. The summed E-state index contributed by atoms with van der Waals surface area (Å²) in [5.74, 6) is 2.51. The summed E-state index contributed by atoms with van der Waals surface area (Å²) in [6.45, 7) is -0.0613. The summed E-state index contributed by atoms with van der Waals surface area (Å²) in [7, 11) is 1.46. The van der Waals surface area contributed by atoms with Gasteiger partial charge in [-0.2, -0.15) is 0 Å². The van der Waals surface area contributed by atoms with Gasteiger partial charge in [-0.15, -0.1) is 0 Å². The first-order valence-corrected chi connectivity index (χ1v) is 18.8. The molecule has 8 rings (SSSR count). The van der Waals surface area contributed by atoms with Crippen LogP contribution in [0.3, 0.4) is 0 Å². The van der Waals surface area contributed by atoms with E-state index in [0.717, 1.165) is 41.7 Å². The number of methoxy groups -OCH3 is 1. The lowest BCUT2D eigenvalue weighted by molar-refractivity contribution is -0.178. The van der Waals surface area contributed by atoms with Crippen LogP contribution in [0, 0.1) is 17.8 Å². The fraction of sp³-hybridized carbons (Fsp3) is 0.289. The molecule has 2 fully saturated rings. The number of fused-ring (bicyclic) bond motifs is 3. The van der Waals surface area contributed by atoms with Crippen LogP contribution in [0.4, 0.5) is 10.5 Å². The van der Waals surface area contributed by atoms with Crippen molar-refractivity contribution < 1.29 is 38.5 Å². The van der Waals surface area contributed by atoms with Gasteiger partial charge in [-0.25, -0.2) is 9.69 Å². The average molecular weight is 752 g/mol. The first kappa shape index (κ1) is 36.7. The number of anilines is 1. The predicted octanol–water partition coefficient (Wildman–Crippen LogP) is 6.18. The van der Waals surface area contributed by atoms with E-state index >= 15 is 4.79 Å². The molecule has 284 valence electrons. The number of imide groups is 1. The zero-order valence-electron chi connectivity index (χ0n) is 30.8. The van der Waals surface area contributed by atoms with Gasteiger partial charge in [0.25, 0.3) is 0 Å². The number of phenolic OH excluding ortho intramolecular Hbond substituents is 1. The topological polar surface area (TPSA) is 149 Å². The van der Waals surface area contributed by atoms with Gasteiger partial charge in [0.1, 0.15) is 29.9 Å². The number of allylic oxidation sites excluding steroid dienone is 2. The third-order valence-corrected chi connectivity index (χ3v) is 11.3. The molecule has 4 aliphatic rings. The molecule has 11 nitrogen and oxygen atoms in total. The van der Waals surface area contributed by atoms with E-state index in [-0.39, 0.29) is 24.7 Å². The molecule has 3 aliphatic heterocycles. The highest BCUT2D eigenvalue weighted by Crippen LogP contribution is 2.65. The summed E-state index contributed by atoms with van der Waals surface area (Å²) >= 11 is 0. The Kier molecular flexibility index (Phi) is 9.93. The van der Waals surface area contributed by atoms with Crippen molar-refractivity contribution in [2.24, 2.45) is 11.7 Å². The number of amides is 3. The third-order valence-electron chi connectivity index (χ3n) is 11.3. The van der Waals surface area contributed by atoms with Crippen molar-refractivity contribution in [1.29, 1.82) is 0 Å². The molecule has 0 bridgehead atoms. The Bertz CT molecular complexity index is 2270. The first-order chi connectivity index (χ1) is 27.2. The Labute approximate surface area is 324 Å². The highest BCUT2D eigenvalue weighted by molar-refractivity contribution is 6.23. The second kappa shape index (κ2) is 15.1. The Morgan fingerprint density at radius 1 is 0.875 bits per heavy atom. The van der Waals surface area contributed by atoms with Crippen molar-refractivity contribution >= 4 is 29.6 Å². The molecule has 0 saturated carbocycles. The molecule has 1 spiro atoms. The van der Waals surface area contributed by atoms with Crippen LogP contribution in [-0.2, 0) is 34.0 Å². The third kappa shape index (κ3) is 6.11. The average Bonchev–Trinajstić information content (AvgIpc) is 3.68. The van der Waals surface area contributed by atoms with Gasteiger partial charge >= 0.3 is 12.1 Å².